The van der Waals surface area contributed by atoms with Crippen LogP contribution in [0.5, 0.6) is 0 Å². The molecule has 1 aromatic rings. The van der Waals surface area contributed by atoms with Gasteiger partial charge in [-0.3, -0.25) is 14.2 Å². The summed E-state index contributed by atoms with van der Waals surface area (Å²) >= 11 is 0. The van der Waals surface area contributed by atoms with Crippen LogP contribution in [0.1, 0.15) is 18.2 Å². The van der Waals surface area contributed by atoms with E-state index in [0.29, 0.717) is 6.29 Å². The molecule has 2 heterocycles. The number of ether oxygens (including phenoxy) is 1. The Bertz CT molecular complexity index is 674. The van der Waals surface area contributed by atoms with Gasteiger partial charge in [-0.05, 0) is 13.0 Å². The lowest BCUT2D eigenvalue weighted by atomic mass is 10.2. The third-order valence-corrected chi connectivity index (χ3v) is 3.32. The molecule has 0 amide bonds. The zero-order valence-corrected chi connectivity index (χ0v) is 11.4. The second kappa shape index (κ2) is 6.17. The fourth-order valence-electron chi connectivity index (χ4n) is 2.23. The van der Waals surface area contributed by atoms with Gasteiger partial charge in [0.2, 0.25) is 0 Å². The highest BCUT2D eigenvalue weighted by molar-refractivity contribution is 5.69. The summed E-state index contributed by atoms with van der Waals surface area (Å²) in [7, 11) is 0. The molecule has 0 bridgehead atoms. The number of carbonyl (C=O) groups is 1. The lowest BCUT2D eigenvalue weighted by Crippen LogP contribution is -2.39. The highest BCUT2D eigenvalue weighted by Crippen LogP contribution is 2.27. The molecule has 114 valence electrons. The summed E-state index contributed by atoms with van der Waals surface area (Å²) in [5, 5.41) is 18.8. The fraction of sp³-hybridized carbons (Fsp3) is 0.462. The standard InChI is InChI=1S/C13H16N2O6/c1-8-6-15(11-5-9(18)10(7-17)21-11)13(20)14(12(8)19)3-2-4-16/h2-4,6,9-11,17-18H,5,7H2,1H3/b3-2+. The van der Waals surface area contributed by atoms with Crippen molar-refractivity contribution in [3.63, 3.8) is 0 Å². The topological polar surface area (TPSA) is 111 Å². The number of rotatable bonds is 4. The summed E-state index contributed by atoms with van der Waals surface area (Å²) in [6.45, 7) is 1.16. The Hall–Kier alpha value is -2.03. The molecule has 0 aliphatic carbocycles. The number of carbonyl (C=O) groups excluding carboxylic acids is 1. The number of hydrogen-bond acceptors (Lipinski definition) is 6. The molecule has 3 atom stereocenters. The van der Waals surface area contributed by atoms with Gasteiger partial charge >= 0.3 is 5.69 Å². The van der Waals surface area contributed by atoms with E-state index in [2.05, 4.69) is 0 Å². The first-order chi connectivity index (χ1) is 9.99. The van der Waals surface area contributed by atoms with E-state index in [-0.39, 0.29) is 18.6 Å². The van der Waals surface area contributed by atoms with Crippen molar-refractivity contribution in [3.05, 3.63) is 38.7 Å². The van der Waals surface area contributed by atoms with Crippen molar-refractivity contribution in [2.45, 2.75) is 31.8 Å². The van der Waals surface area contributed by atoms with Gasteiger partial charge in [0.1, 0.15) is 18.6 Å². The first-order valence-corrected chi connectivity index (χ1v) is 6.40. The van der Waals surface area contributed by atoms with E-state index >= 15 is 0 Å². The minimum absolute atomic E-state index is 0.125. The smallest absolute Gasteiger partial charge is 0.337 e. The Morgan fingerprint density at radius 3 is 2.76 bits per heavy atom. The van der Waals surface area contributed by atoms with Crippen molar-refractivity contribution in [1.29, 1.82) is 0 Å². The Morgan fingerprint density at radius 2 is 2.19 bits per heavy atom. The summed E-state index contributed by atoms with van der Waals surface area (Å²) < 4.78 is 7.37. The number of aromatic nitrogens is 2. The van der Waals surface area contributed by atoms with E-state index in [4.69, 9.17) is 9.84 Å². The predicted octanol–water partition coefficient (Wildman–Crippen LogP) is -1.37. The maximum Gasteiger partial charge on any atom is 0.337 e. The number of aryl methyl sites for hydroxylation is 1. The summed E-state index contributed by atoms with van der Waals surface area (Å²) in [4.78, 5) is 34.5. The zero-order valence-electron chi connectivity index (χ0n) is 11.4. The average Bonchev–Trinajstić information content (AvgIpc) is 2.84. The maximum atomic E-state index is 12.3. The molecule has 0 aromatic carbocycles. The summed E-state index contributed by atoms with van der Waals surface area (Å²) in [5.74, 6) is 0. The van der Waals surface area contributed by atoms with Crippen LogP contribution in [0.25, 0.3) is 6.20 Å². The van der Waals surface area contributed by atoms with Crippen LogP contribution < -0.4 is 11.2 Å². The second-order valence-corrected chi connectivity index (χ2v) is 4.77. The van der Waals surface area contributed by atoms with Crippen molar-refractivity contribution >= 4 is 12.5 Å². The molecule has 2 rings (SSSR count). The van der Waals surface area contributed by atoms with E-state index in [9.17, 15) is 19.5 Å². The van der Waals surface area contributed by atoms with Crippen LogP contribution in [0.2, 0.25) is 0 Å². The first-order valence-electron chi connectivity index (χ1n) is 6.40. The van der Waals surface area contributed by atoms with Crippen LogP contribution in [0.3, 0.4) is 0 Å². The Kier molecular flexibility index (Phi) is 4.51. The normalized spacial score (nSPS) is 25.6. The molecule has 1 aromatic heterocycles. The number of hydrogen-bond donors (Lipinski definition) is 2. The molecule has 1 fully saturated rings. The van der Waals surface area contributed by atoms with Gasteiger partial charge in [-0.15, -0.1) is 0 Å². The second-order valence-electron chi connectivity index (χ2n) is 4.77. The van der Waals surface area contributed by atoms with Gasteiger partial charge < -0.3 is 14.9 Å². The lowest BCUT2D eigenvalue weighted by Gasteiger charge is -2.16. The van der Waals surface area contributed by atoms with E-state index in [1.807, 2.05) is 0 Å². The minimum atomic E-state index is -0.891. The van der Waals surface area contributed by atoms with Crippen LogP contribution in [0.15, 0.2) is 21.9 Å². The van der Waals surface area contributed by atoms with Crippen LogP contribution in [-0.2, 0) is 9.53 Å². The van der Waals surface area contributed by atoms with Gasteiger partial charge in [0, 0.05) is 24.4 Å². The lowest BCUT2D eigenvalue weighted by molar-refractivity contribution is -0.104. The van der Waals surface area contributed by atoms with Crippen molar-refractivity contribution in [3.8, 4) is 0 Å². The third-order valence-electron chi connectivity index (χ3n) is 3.32. The van der Waals surface area contributed by atoms with Crippen LogP contribution >= 0.6 is 0 Å². The quantitative estimate of drug-likeness (QED) is 0.524. The highest BCUT2D eigenvalue weighted by atomic mass is 16.5. The van der Waals surface area contributed by atoms with Gasteiger partial charge in [0.25, 0.3) is 5.56 Å². The molecule has 8 nitrogen and oxygen atoms in total. The molecule has 2 N–H and O–H groups in total. The zero-order chi connectivity index (χ0) is 15.6. The summed E-state index contributed by atoms with van der Waals surface area (Å²) in [6, 6.07) is 0. The summed E-state index contributed by atoms with van der Waals surface area (Å²) in [6.07, 6.45) is 1.60. The highest BCUT2D eigenvalue weighted by Gasteiger charge is 2.35. The van der Waals surface area contributed by atoms with Crippen molar-refractivity contribution in [2.24, 2.45) is 0 Å². The molecular formula is C13H16N2O6. The SMILES string of the molecule is Cc1cn(C2CC(O)C(CO)O2)c(=O)n(/C=C/C=O)c1=O. The number of allylic oxidation sites excluding steroid dienone is 1. The van der Waals surface area contributed by atoms with E-state index < -0.39 is 29.7 Å². The number of nitrogens with zero attached hydrogens (tertiary/aromatic N) is 2. The first kappa shape index (κ1) is 15.4. The average molecular weight is 296 g/mol. The van der Waals surface area contributed by atoms with Gasteiger partial charge in [-0.25, -0.2) is 9.36 Å². The van der Waals surface area contributed by atoms with Gasteiger partial charge in [0.15, 0.2) is 0 Å². The molecular weight excluding hydrogens is 280 g/mol. The Balaban J connectivity index is 2.49. The minimum Gasteiger partial charge on any atom is -0.394 e. The molecule has 1 saturated heterocycles. The number of aliphatic hydroxyl groups excluding tert-OH is 2. The fourth-order valence-corrected chi connectivity index (χ4v) is 2.23. The maximum absolute atomic E-state index is 12.3. The molecule has 8 heteroatoms. The van der Waals surface area contributed by atoms with Crippen LogP contribution in [-0.4, -0.2) is 44.4 Å². The largest absolute Gasteiger partial charge is 0.394 e. The molecule has 0 spiro atoms. The molecule has 0 radical (unpaired) electrons. The van der Waals surface area contributed by atoms with E-state index in [1.54, 1.807) is 0 Å². The molecule has 3 unspecified atom stereocenters. The Morgan fingerprint density at radius 1 is 1.48 bits per heavy atom. The predicted molar refractivity (Wildman–Crippen MR) is 72.7 cm³/mol. The number of aliphatic hydroxyl groups is 2. The summed E-state index contributed by atoms with van der Waals surface area (Å²) in [5.41, 5.74) is -0.929. The number of aldehydes is 1. The van der Waals surface area contributed by atoms with E-state index in [1.165, 1.54) is 17.7 Å². The third kappa shape index (κ3) is 2.87. The van der Waals surface area contributed by atoms with Crippen molar-refractivity contribution in [1.82, 2.24) is 9.13 Å². The van der Waals surface area contributed by atoms with Crippen molar-refractivity contribution < 1.29 is 19.7 Å². The van der Waals surface area contributed by atoms with Gasteiger partial charge in [0.05, 0.1) is 12.7 Å². The molecule has 0 saturated carbocycles. The molecule has 1 aliphatic heterocycles. The van der Waals surface area contributed by atoms with Crippen LogP contribution in [0, 0.1) is 6.92 Å². The van der Waals surface area contributed by atoms with Crippen LogP contribution in [0.4, 0.5) is 0 Å². The van der Waals surface area contributed by atoms with Gasteiger partial charge in [-0.1, -0.05) is 0 Å². The monoisotopic (exact) mass is 296 g/mol. The molecule has 1 aliphatic rings. The van der Waals surface area contributed by atoms with Crippen molar-refractivity contribution in [2.75, 3.05) is 6.61 Å². The Labute approximate surface area is 119 Å². The van der Waals surface area contributed by atoms with E-state index in [0.717, 1.165) is 16.8 Å². The molecule has 21 heavy (non-hydrogen) atoms. The van der Waals surface area contributed by atoms with Gasteiger partial charge in [-0.2, -0.15) is 0 Å².